The van der Waals surface area contributed by atoms with Gasteiger partial charge in [-0.15, -0.1) is 0 Å². The van der Waals surface area contributed by atoms with Gasteiger partial charge < -0.3 is 15.3 Å². The molecule has 0 aliphatic heterocycles. The second-order valence-electron chi connectivity index (χ2n) is 3.33. The summed E-state index contributed by atoms with van der Waals surface area (Å²) in [4.78, 5) is 0. The molecule has 0 bridgehead atoms. The highest BCUT2D eigenvalue weighted by molar-refractivity contribution is 5.30. The topological polar surface area (TPSA) is 59.4 Å². The first-order chi connectivity index (χ1) is 5.76. The standard InChI is InChI=1S/C9H13NO2/c10-5-4-9(11)3-1-8-7(9)2-6-12-8/h2,6,11H,1,3-5,10H2. The average Bonchev–Trinajstić information content (AvgIpc) is 2.57. The van der Waals surface area contributed by atoms with E-state index in [0.717, 1.165) is 24.2 Å². The van der Waals surface area contributed by atoms with E-state index < -0.39 is 5.60 Å². The van der Waals surface area contributed by atoms with Crippen molar-refractivity contribution in [3.8, 4) is 0 Å². The van der Waals surface area contributed by atoms with E-state index in [-0.39, 0.29) is 0 Å². The van der Waals surface area contributed by atoms with E-state index in [1.807, 2.05) is 6.07 Å². The van der Waals surface area contributed by atoms with Crippen LogP contribution in [0.3, 0.4) is 0 Å². The molecule has 3 N–H and O–H groups in total. The van der Waals surface area contributed by atoms with E-state index in [2.05, 4.69) is 0 Å². The highest BCUT2D eigenvalue weighted by Crippen LogP contribution is 2.39. The minimum absolute atomic E-state index is 0.515. The van der Waals surface area contributed by atoms with E-state index in [1.54, 1.807) is 6.26 Å². The first kappa shape index (κ1) is 7.83. The van der Waals surface area contributed by atoms with Gasteiger partial charge in [-0.3, -0.25) is 0 Å². The number of aryl methyl sites for hydroxylation is 1. The maximum atomic E-state index is 10.1. The predicted molar refractivity (Wildman–Crippen MR) is 44.6 cm³/mol. The summed E-state index contributed by atoms with van der Waals surface area (Å²) in [5.41, 5.74) is 5.66. The molecule has 0 amide bonds. The van der Waals surface area contributed by atoms with Gasteiger partial charge in [-0.1, -0.05) is 0 Å². The molecule has 1 aliphatic carbocycles. The monoisotopic (exact) mass is 167 g/mol. The molecule has 0 saturated heterocycles. The van der Waals surface area contributed by atoms with Crippen LogP contribution in [0, 0.1) is 0 Å². The highest BCUT2D eigenvalue weighted by Gasteiger charge is 2.37. The SMILES string of the molecule is NCCC1(O)CCc2occc21. The summed E-state index contributed by atoms with van der Waals surface area (Å²) in [6, 6.07) is 1.85. The van der Waals surface area contributed by atoms with E-state index in [9.17, 15) is 5.11 Å². The molecule has 1 aromatic rings. The van der Waals surface area contributed by atoms with Crippen LogP contribution in [-0.2, 0) is 12.0 Å². The van der Waals surface area contributed by atoms with Crippen LogP contribution in [0.5, 0.6) is 0 Å². The minimum Gasteiger partial charge on any atom is -0.469 e. The van der Waals surface area contributed by atoms with Gasteiger partial charge in [0.1, 0.15) is 5.76 Å². The third-order valence-electron chi connectivity index (χ3n) is 2.57. The highest BCUT2D eigenvalue weighted by atomic mass is 16.3. The third-order valence-corrected chi connectivity index (χ3v) is 2.57. The van der Waals surface area contributed by atoms with E-state index >= 15 is 0 Å². The van der Waals surface area contributed by atoms with E-state index in [1.165, 1.54) is 0 Å². The summed E-state index contributed by atoms with van der Waals surface area (Å²) in [6.45, 7) is 0.515. The molecule has 1 aromatic heterocycles. The lowest BCUT2D eigenvalue weighted by molar-refractivity contribution is 0.0321. The predicted octanol–water partition coefficient (Wildman–Crippen LogP) is 0.762. The van der Waals surface area contributed by atoms with Crippen LogP contribution in [0.2, 0.25) is 0 Å². The van der Waals surface area contributed by atoms with Gasteiger partial charge in [0.15, 0.2) is 0 Å². The molecule has 0 radical (unpaired) electrons. The Balaban J connectivity index is 2.31. The number of hydrogen-bond acceptors (Lipinski definition) is 3. The van der Waals surface area contributed by atoms with E-state index in [0.29, 0.717) is 13.0 Å². The van der Waals surface area contributed by atoms with Gasteiger partial charge in [-0.2, -0.15) is 0 Å². The summed E-state index contributed by atoms with van der Waals surface area (Å²) in [6.07, 6.45) is 3.84. The van der Waals surface area contributed by atoms with Gasteiger partial charge >= 0.3 is 0 Å². The van der Waals surface area contributed by atoms with E-state index in [4.69, 9.17) is 10.2 Å². The molecule has 0 aromatic carbocycles. The third kappa shape index (κ3) is 0.974. The van der Waals surface area contributed by atoms with Crippen LogP contribution in [0.25, 0.3) is 0 Å². The number of rotatable bonds is 2. The second-order valence-corrected chi connectivity index (χ2v) is 3.33. The summed E-state index contributed by atoms with van der Waals surface area (Å²) in [5, 5.41) is 10.1. The normalized spacial score (nSPS) is 27.5. The Hall–Kier alpha value is -0.800. The van der Waals surface area contributed by atoms with Crippen LogP contribution < -0.4 is 5.73 Å². The molecular formula is C9H13NO2. The lowest BCUT2D eigenvalue weighted by Gasteiger charge is -2.21. The minimum atomic E-state index is -0.711. The molecule has 3 nitrogen and oxygen atoms in total. The Bertz CT molecular complexity index is 282. The van der Waals surface area contributed by atoms with Crippen LogP contribution in [0.4, 0.5) is 0 Å². The summed E-state index contributed by atoms with van der Waals surface area (Å²) in [5.74, 6) is 0.922. The molecule has 0 fully saturated rings. The van der Waals surface area contributed by atoms with Crippen LogP contribution >= 0.6 is 0 Å². The molecule has 3 heteroatoms. The second kappa shape index (κ2) is 2.61. The maximum absolute atomic E-state index is 10.1. The molecular weight excluding hydrogens is 154 g/mol. The maximum Gasteiger partial charge on any atom is 0.109 e. The molecule has 1 atom stereocenters. The van der Waals surface area contributed by atoms with Crippen molar-refractivity contribution in [2.24, 2.45) is 5.73 Å². The number of fused-ring (bicyclic) bond motifs is 1. The zero-order chi connectivity index (χ0) is 8.60. The number of furan rings is 1. The molecule has 66 valence electrons. The molecule has 2 rings (SSSR count). The van der Waals surface area contributed by atoms with Gasteiger partial charge in [-0.05, 0) is 25.5 Å². The van der Waals surface area contributed by atoms with Crippen molar-refractivity contribution < 1.29 is 9.52 Å². The van der Waals surface area contributed by atoms with Crippen molar-refractivity contribution in [1.29, 1.82) is 0 Å². The number of hydrogen-bond donors (Lipinski definition) is 2. The fourth-order valence-electron chi connectivity index (χ4n) is 1.90. The van der Waals surface area contributed by atoms with Gasteiger partial charge in [0, 0.05) is 12.0 Å². The Labute approximate surface area is 71.2 Å². The fraction of sp³-hybridized carbons (Fsp3) is 0.556. The largest absolute Gasteiger partial charge is 0.469 e. The van der Waals surface area contributed by atoms with Crippen molar-refractivity contribution in [3.05, 3.63) is 23.7 Å². The van der Waals surface area contributed by atoms with Gasteiger partial charge in [-0.25, -0.2) is 0 Å². The lowest BCUT2D eigenvalue weighted by atomic mass is 9.94. The Kier molecular flexibility index (Phi) is 1.70. The van der Waals surface area contributed by atoms with Crippen molar-refractivity contribution in [1.82, 2.24) is 0 Å². The zero-order valence-electron chi connectivity index (χ0n) is 6.92. The number of nitrogens with two attached hydrogens (primary N) is 1. The molecule has 0 saturated carbocycles. The number of aliphatic hydroxyl groups is 1. The first-order valence-corrected chi connectivity index (χ1v) is 4.25. The van der Waals surface area contributed by atoms with Crippen molar-refractivity contribution in [2.75, 3.05) is 6.54 Å². The molecule has 1 heterocycles. The fourth-order valence-corrected chi connectivity index (χ4v) is 1.90. The van der Waals surface area contributed by atoms with Gasteiger partial charge in [0.2, 0.25) is 0 Å². The Morgan fingerprint density at radius 3 is 3.25 bits per heavy atom. The Morgan fingerprint density at radius 2 is 2.50 bits per heavy atom. The summed E-state index contributed by atoms with van der Waals surface area (Å²) < 4.78 is 5.22. The molecule has 1 aliphatic rings. The summed E-state index contributed by atoms with van der Waals surface area (Å²) >= 11 is 0. The summed E-state index contributed by atoms with van der Waals surface area (Å²) in [7, 11) is 0. The lowest BCUT2D eigenvalue weighted by Crippen LogP contribution is -2.25. The van der Waals surface area contributed by atoms with Crippen molar-refractivity contribution in [3.63, 3.8) is 0 Å². The molecule has 12 heavy (non-hydrogen) atoms. The Morgan fingerprint density at radius 1 is 1.67 bits per heavy atom. The molecule has 0 spiro atoms. The zero-order valence-corrected chi connectivity index (χ0v) is 6.92. The first-order valence-electron chi connectivity index (χ1n) is 4.25. The quantitative estimate of drug-likeness (QED) is 0.683. The van der Waals surface area contributed by atoms with Crippen LogP contribution in [-0.4, -0.2) is 11.7 Å². The van der Waals surface area contributed by atoms with Gasteiger partial charge in [0.25, 0.3) is 0 Å². The smallest absolute Gasteiger partial charge is 0.109 e. The van der Waals surface area contributed by atoms with Crippen LogP contribution in [0.15, 0.2) is 16.7 Å². The van der Waals surface area contributed by atoms with Crippen molar-refractivity contribution >= 4 is 0 Å². The average molecular weight is 167 g/mol. The molecule has 1 unspecified atom stereocenters. The van der Waals surface area contributed by atoms with Crippen LogP contribution in [0.1, 0.15) is 24.2 Å². The van der Waals surface area contributed by atoms with Gasteiger partial charge in [0.05, 0.1) is 11.9 Å². The van der Waals surface area contributed by atoms with Crippen molar-refractivity contribution in [2.45, 2.75) is 24.9 Å².